The smallest absolute Gasteiger partial charge is 0.272 e. The highest BCUT2D eigenvalue weighted by Crippen LogP contribution is 2.54. The van der Waals surface area contributed by atoms with Gasteiger partial charge < -0.3 is 5.32 Å². The third-order valence-corrected chi connectivity index (χ3v) is 4.98. The predicted molar refractivity (Wildman–Crippen MR) is 90.0 cm³/mol. The van der Waals surface area contributed by atoms with Gasteiger partial charge >= 0.3 is 0 Å². The summed E-state index contributed by atoms with van der Waals surface area (Å²) in [5.74, 6) is -0.916. The molecule has 1 N–H and O–H groups in total. The number of hydrogen-bond acceptors (Lipinski definition) is 2. The molecule has 2 aliphatic carbocycles. The van der Waals surface area contributed by atoms with Crippen LogP contribution in [-0.2, 0) is 0 Å². The van der Waals surface area contributed by atoms with Crippen LogP contribution in [0.25, 0.3) is 5.69 Å². The zero-order chi connectivity index (χ0) is 17.9. The van der Waals surface area contributed by atoms with Gasteiger partial charge in [-0.15, -0.1) is 0 Å². The standard InChI is InChI=1S/C19H21F2N3O/c1-19(2,3)22-18(25)16-15-10-4-5-11(6-10)17(15)24(23-16)14-8-12(20)7-13(21)9-14/h7-11H,4-6H2,1-3H3,(H,22,25). The van der Waals surface area contributed by atoms with Gasteiger partial charge in [-0.1, -0.05) is 0 Å². The number of nitrogens with one attached hydrogen (secondary N) is 1. The summed E-state index contributed by atoms with van der Waals surface area (Å²) in [6.45, 7) is 5.74. The second kappa shape index (κ2) is 5.38. The fourth-order valence-electron chi connectivity index (χ4n) is 4.16. The molecule has 0 saturated heterocycles. The monoisotopic (exact) mass is 345 g/mol. The van der Waals surface area contributed by atoms with Crippen LogP contribution in [0.2, 0.25) is 0 Å². The Morgan fingerprint density at radius 3 is 2.44 bits per heavy atom. The van der Waals surface area contributed by atoms with E-state index in [1.807, 2.05) is 20.8 Å². The maximum Gasteiger partial charge on any atom is 0.272 e. The lowest BCUT2D eigenvalue weighted by Gasteiger charge is -2.20. The number of benzene rings is 1. The Kier molecular flexibility index (Phi) is 3.49. The van der Waals surface area contributed by atoms with Crippen LogP contribution in [0.4, 0.5) is 8.78 Å². The molecule has 6 heteroatoms. The number of hydrogen-bond donors (Lipinski definition) is 1. The summed E-state index contributed by atoms with van der Waals surface area (Å²) in [5, 5.41) is 7.43. The molecule has 1 amide bonds. The molecule has 1 saturated carbocycles. The zero-order valence-corrected chi connectivity index (χ0v) is 14.6. The number of amides is 1. The van der Waals surface area contributed by atoms with E-state index in [0.717, 1.165) is 36.6 Å². The van der Waals surface area contributed by atoms with Gasteiger partial charge in [-0.3, -0.25) is 4.79 Å². The predicted octanol–water partition coefficient (Wildman–Crippen LogP) is 4.04. The Hall–Kier alpha value is -2.24. The van der Waals surface area contributed by atoms with Gasteiger partial charge in [0.05, 0.1) is 11.4 Å². The van der Waals surface area contributed by atoms with E-state index in [4.69, 9.17) is 0 Å². The second-order valence-electron chi connectivity index (χ2n) is 8.10. The summed E-state index contributed by atoms with van der Waals surface area (Å²) in [6.07, 6.45) is 3.05. The normalized spacial score (nSPS) is 21.5. The summed E-state index contributed by atoms with van der Waals surface area (Å²) in [5.41, 5.74) is 2.25. The first-order valence-corrected chi connectivity index (χ1v) is 8.65. The lowest BCUT2D eigenvalue weighted by molar-refractivity contribution is 0.0912. The van der Waals surface area contributed by atoms with Crippen LogP contribution in [0, 0.1) is 11.6 Å². The van der Waals surface area contributed by atoms with E-state index in [0.29, 0.717) is 23.2 Å². The summed E-state index contributed by atoms with van der Waals surface area (Å²) in [4.78, 5) is 12.7. The molecular formula is C19H21F2N3O. The molecule has 2 aliphatic rings. The van der Waals surface area contributed by atoms with Crippen LogP contribution in [0.3, 0.4) is 0 Å². The SMILES string of the molecule is CC(C)(C)NC(=O)c1nn(-c2cc(F)cc(F)c2)c2c1C1CCC2C1. The Balaban J connectivity index is 1.85. The highest BCUT2D eigenvalue weighted by atomic mass is 19.1. The molecule has 0 spiro atoms. The van der Waals surface area contributed by atoms with Crippen LogP contribution < -0.4 is 5.32 Å². The van der Waals surface area contributed by atoms with Crippen molar-refractivity contribution in [1.82, 2.24) is 15.1 Å². The second-order valence-corrected chi connectivity index (χ2v) is 8.10. The van der Waals surface area contributed by atoms with Crippen LogP contribution >= 0.6 is 0 Å². The third kappa shape index (κ3) is 2.73. The van der Waals surface area contributed by atoms with Gasteiger partial charge in [0.25, 0.3) is 5.91 Å². The molecule has 0 aliphatic heterocycles. The summed E-state index contributed by atoms with van der Waals surface area (Å²) >= 11 is 0. The highest BCUT2D eigenvalue weighted by Gasteiger charge is 2.44. The molecule has 2 atom stereocenters. The van der Waals surface area contributed by atoms with E-state index in [-0.39, 0.29) is 11.4 Å². The van der Waals surface area contributed by atoms with E-state index in [1.54, 1.807) is 4.68 Å². The fraction of sp³-hybridized carbons (Fsp3) is 0.474. The van der Waals surface area contributed by atoms with Crippen LogP contribution in [0.1, 0.15) is 73.6 Å². The van der Waals surface area contributed by atoms with Gasteiger partial charge in [0.15, 0.2) is 5.69 Å². The molecular weight excluding hydrogens is 324 g/mol. The van der Waals surface area contributed by atoms with Crippen LogP contribution in [0.15, 0.2) is 18.2 Å². The number of nitrogens with zero attached hydrogens (tertiary/aromatic N) is 2. The topological polar surface area (TPSA) is 46.9 Å². The van der Waals surface area contributed by atoms with E-state index in [9.17, 15) is 13.6 Å². The molecule has 2 aromatic rings. The number of rotatable bonds is 2. The van der Waals surface area contributed by atoms with Crippen molar-refractivity contribution in [2.24, 2.45) is 0 Å². The molecule has 25 heavy (non-hydrogen) atoms. The molecule has 1 heterocycles. The quantitative estimate of drug-likeness (QED) is 0.893. The van der Waals surface area contributed by atoms with Gasteiger partial charge in [0.1, 0.15) is 11.6 Å². The lowest BCUT2D eigenvalue weighted by atomic mass is 9.95. The van der Waals surface area contributed by atoms with Crippen molar-refractivity contribution in [1.29, 1.82) is 0 Å². The summed E-state index contributed by atoms with van der Waals surface area (Å²) in [7, 11) is 0. The number of carbonyl (C=O) groups excluding carboxylic acids is 1. The number of halogens is 2. The van der Waals surface area contributed by atoms with Gasteiger partial charge in [-0.2, -0.15) is 5.10 Å². The molecule has 2 unspecified atom stereocenters. The first-order valence-electron chi connectivity index (χ1n) is 8.65. The fourth-order valence-corrected chi connectivity index (χ4v) is 4.16. The van der Waals surface area contributed by atoms with E-state index in [1.165, 1.54) is 12.1 Å². The minimum atomic E-state index is -0.650. The van der Waals surface area contributed by atoms with Gasteiger partial charge in [0.2, 0.25) is 0 Å². The number of aromatic nitrogens is 2. The molecule has 1 fully saturated rings. The van der Waals surface area contributed by atoms with Crippen molar-refractivity contribution in [2.75, 3.05) is 0 Å². The lowest BCUT2D eigenvalue weighted by Crippen LogP contribution is -2.41. The van der Waals surface area contributed by atoms with E-state index < -0.39 is 11.6 Å². The largest absolute Gasteiger partial charge is 0.346 e. The van der Waals surface area contributed by atoms with Crippen LogP contribution in [-0.4, -0.2) is 21.2 Å². The highest BCUT2D eigenvalue weighted by molar-refractivity contribution is 5.95. The van der Waals surface area contributed by atoms with Crippen molar-refractivity contribution < 1.29 is 13.6 Å². The minimum absolute atomic E-state index is 0.230. The molecule has 4 rings (SSSR count). The minimum Gasteiger partial charge on any atom is -0.346 e. The molecule has 2 bridgehead atoms. The molecule has 1 aromatic heterocycles. The van der Waals surface area contributed by atoms with Crippen molar-refractivity contribution in [2.45, 2.75) is 57.4 Å². The third-order valence-electron chi connectivity index (χ3n) is 4.98. The van der Waals surface area contributed by atoms with Gasteiger partial charge in [-0.25, -0.2) is 13.5 Å². The first-order chi connectivity index (χ1) is 11.7. The van der Waals surface area contributed by atoms with E-state index >= 15 is 0 Å². The van der Waals surface area contributed by atoms with Crippen molar-refractivity contribution in [3.8, 4) is 5.69 Å². The number of carbonyl (C=O) groups is 1. The molecule has 1 aromatic carbocycles. The average Bonchev–Trinajstić information content (AvgIpc) is 3.16. The van der Waals surface area contributed by atoms with E-state index in [2.05, 4.69) is 10.4 Å². The maximum atomic E-state index is 13.7. The molecule has 4 nitrogen and oxygen atoms in total. The Bertz CT molecular complexity index is 846. The molecule has 0 radical (unpaired) electrons. The van der Waals surface area contributed by atoms with Crippen LogP contribution in [0.5, 0.6) is 0 Å². The first kappa shape index (κ1) is 16.2. The number of fused-ring (bicyclic) bond motifs is 5. The Labute approximate surface area is 145 Å². The maximum absolute atomic E-state index is 13.7. The van der Waals surface area contributed by atoms with Gasteiger partial charge in [0, 0.05) is 23.1 Å². The summed E-state index contributed by atoms with van der Waals surface area (Å²) in [6, 6.07) is 3.36. The molecule has 132 valence electrons. The average molecular weight is 345 g/mol. The van der Waals surface area contributed by atoms with Crippen molar-refractivity contribution >= 4 is 5.91 Å². The zero-order valence-electron chi connectivity index (χ0n) is 14.6. The Morgan fingerprint density at radius 2 is 1.80 bits per heavy atom. The summed E-state index contributed by atoms with van der Waals surface area (Å²) < 4.78 is 28.9. The van der Waals surface area contributed by atoms with Crippen molar-refractivity contribution in [3.05, 3.63) is 46.8 Å². The van der Waals surface area contributed by atoms with Gasteiger partial charge in [-0.05, 0) is 58.1 Å². The Morgan fingerprint density at radius 1 is 1.16 bits per heavy atom. The van der Waals surface area contributed by atoms with Crippen molar-refractivity contribution in [3.63, 3.8) is 0 Å².